The molecule has 3 rings (SSSR count). The van der Waals surface area contributed by atoms with Crippen LogP contribution in [0.2, 0.25) is 0 Å². The Morgan fingerprint density at radius 1 is 0.963 bits per heavy atom. The van der Waals surface area contributed by atoms with Gasteiger partial charge in [0.2, 0.25) is 11.8 Å². The van der Waals surface area contributed by atoms with E-state index in [0.717, 1.165) is 32.6 Å². The number of carbonyl (C=O) groups is 2. The zero-order valence-corrected chi connectivity index (χ0v) is 16.4. The van der Waals surface area contributed by atoms with Crippen molar-refractivity contribution in [2.45, 2.75) is 32.1 Å². The Morgan fingerprint density at radius 3 is 2.41 bits per heavy atom. The minimum absolute atomic E-state index is 0.140. The first-order valence-corrected chi connectivity index (χ1v) is 9.66. The molecule has 0 aliphatic carbocycles. The van der Waals surface area contributed by atoms with Crippen LogP contribution in [0.4, 0.5) is 0 Å². The lowest BCUT2D eigenvalue weighted by Crippen LogP contribution is -2.43. The molecular weight excluding hydrogens is 360 g/mol. The molecule has 140 valence electrons. The van der Waals surface area contributed by atoms with Gasteiger partial charge < -0.3 is 4.42 Å². The number of hydrogen-bond acceptors (Lipinski definition) is 4. The van der Waals surface area contributed by atoms with E-state index in [1.165, 1.54) is 17.3 Å². The molecule has 0 fully saturated rings. The molecule has 2 amide bonds. The van der Waals surface area contributed by atoms with Crippen molar-refractivity contribution in [1.29, 1.82) is 0 Å². The molecule has 0 unspecified atom stereocenters. The highest BCUT2D eigenvalue weighted by Crippen LogP contribution is 2.26. The van der Waals surface area contributed by atoms with Crippen LogP contribution in [0.5, 0.6) is 0 Å². The molecule has 3 aromatic rings. The van der Waals surface area contributed by atoms with E-state index in [1.54, 1.807) is 6.26 Å². The highest BCUT2D eigenvalue weighted by atomic mass is 32.2. The summed E-state index contributed by atoms with van der Waals surface area (Å²) in [7, 11) is 0. The summed E-state index contributed by atoms with van der Waals surface area (Å²) < 4.78 is 5.61. The topological polar surface area (TPSA) is 71.3 Å². The Bertz CT molecular complexity index is 977. The SMILES string of the molecule is Cc1ccc(SCC(=O)NNC(=O)Cc2coc3c(C)c(C)ccc23)cc1. The van der Waals surface area contributed by atoms with E-state index in [0.29, 0.717) is 0 Å². The van der Waals surface area contributed by atoms with E-state index in [-0.39, 0.29) is 24.0 Å². The first-order chi connectivity index (χ1) is 12.9. The van der Waals surface area contributed by atoms with Crippen LogP contribution < -0.4 is 10.9 Å². The van der Waals surface area contributed by atoms with Crippen molar-refractivity contribution in [3.8, 4) is 0 Å². The quantitative estimate of drug-likeness (QED) is 0.519. The van der Waals surface area contributed by atoms with E-state index in [9.17, 15) is 9.59 Å². The highest BCUT2D eigenvalue weighted by Gasteiger charge is 2.13. The van der Waals surface area contributed by atoms with Gasteiger partial charge in [-0.15, -0.1) is 11.8 Å². The number of fused-ring (bicyclic) bond motifs is 1. The lowest BCUT2D eigenvalue weighted by molar-refractivity contribution is -0.127. The van der Waals surface area contributed by atoms with Gasteiger partial charge in [-0.2, -0.15) is 0 Å². The number of furan rings is 1. The van der Waals surface area contributed by atoms with Crippen LogP contribution in [0.3, 0.4) is 0 Å². The van der Waals surface area contributed by atoms with E-state index in [2.05, 4.69) is 10.9 Å². The number of carbonyl (C=O) groups excluding carboxylic acids is 2. The van der Waals surface area contributed by atoms with Gasteiger partial charge in [0.05, 0.1) is 18.4 Å². The Balaban J connectivity index is 1.50. The summed E-state index contributed by atoms with van der Waals surface area (Å²) in [5, 5.41) is 0.925. The molecule has 1 aromatic heterocycles. The van der Waals surface area contributed by atoms with Crippen LogP contribution in [0.1, 0.15) is 22.3 Å². The first-order valence-electron chi connectivity index (χ1n) is 8.67. The largest absolute Gasteiger partial charge is 0.464 e. The molecule has 0 saturated carbocycles. The number of nitrogens with one attached hydrogen (secondary N) is 2. The molecule has 0 spiro atoms. The van der Waals surface area contributed by atoms with Crippen LogP contribution in [0.15, 0.2) is 52.0 Å². The van der Waals surface area contributed by atoms with E-state index in [1.807, 2.05) is 57.2 Å². The van der Waals surface area contributed by atoms with E-state index < -0.39 is 0 Å². The van der Waals surface area contributed by atoms with Crippen molar-refractivity contribution in [3.05, 3.63) is 64.9 Å². The van der Waals surface area contributed by atoms with E-state index in [4.69, 9.17) is 4.42 Å². The minimum Gasteiger partial charge on any atom is -0.464 e. The number of hydrogen-bond donors (Lipinski definition) is 2. The number of benzene rings is 2. The van der Waals surface area contributed by atoms with Gasteiger partial charge in [0.1, 0.15) is 5.58 Å². The first kappa shape index (κ1) is 19.0. The molecule has 2 aromatic carbocycles. The number of amides is 2. The smallest absolute Gasteiger partial charge is 0.248 e. The van der Waals surface area contributed by atoms with Crippen LogP contribution in [0, 0.1) is 20.8 Å². The highest BCUT2D eigenvalue weighted by molar-refractivity contribution is 8.00. The molecule has 6 heteroatoms. The average Bonchev–Trinajstić information content (AvgIpc) is 3.06. The number of thioether (sulfide) groups is 1. The fourth-order valence-electron chi connectivity index (χ4n) is 2.70. The third-order valence-electron chi connectivity index (χ3n) is 4.42. The summed E-state index contributed by atoms with van der Waals surface area (Å²) in [6.07, 6.45) is 1.74. The zero-order chi connectivity index (χ0) is 19.4. The molecule has 0 bridgehead atoms. The van der Waals surface area contributed by atoms with Gasteiger partial charge in [-0.05, 0) is 44.0 Å². The van der Waals surface area contributed by atoms with Gasteiger partial charge >= 0.3 is 0 Å². The Labute approximate surface area is 162 Å². The van der Waals surface area contributed by atoms with Gasteiger partial charge in [0, 0.05) is 15.8 Å². The maximum Gasteiger partial charge on any atom is 0.248 e. The maximum atomic E-state index is 12.1. The third kappa shape index (κ3) is 4.71. The fourth-order valence-corrected chi connectivity index (χ4v) is 3.40. The molecular formula is C21H22N2O3S. The van der Waals surface area contributed by atoms with Crippen LogP contribution >= 0.6 is 11.8 Å². The van der Waals surface area contributed by atoms with Crippen molar-refractivity contribution >= 4 is 34.5 Å². The molecule has 0 saturated heterocycles. The summed E-state index contributed by atoms with van der Waals surface area (Å²) in [6, 6.07) is 11.9. The van der Waals surface area contributed by atoms with Crippen LogP contribution in [-0.2, 0) is 16.0 Å². The van der Waals surface area contributed by atoms with Crippen molar-refractivity contribution in [1.82, 2.24) is 10.9 Å². The number of hydrazine groups is 1. The van der Waals surface area contributed by atoms with Gasteiger partial charge in [0.15, 0.2) is 0 Å². The second kappa shape index (κ2) is 8.31. The molecule has 0 aliphatic rings. The van der Waals surface area contributed by atoms with Crippen molar-refractivity contribution in [3.63, 3.8) is 0 Å². The monoisotopic (exact) mass is 382 g/mol. The lowest BCUT2D eigenvalue weighted by Gasteiger charge is -2.07. The van der Waals surface area contributed by atoms with Gasteiger partial charge in [-0.25, -0.2) is 0 Å². The number of aryl methyl sites for hydroxylation is 3. The minimum atomic E-state index is -0.287. The normalized spacial score (nSPS) is 10.8. The summed E-state index contributed by atoms with van der Waals surface area (Å²) in [5.41, 5.74) is 9.91. The molecule has 0 aliphatic heterocycles. The molecule has 0 radical (unpaired) electrons. The summed E-state index contributed by atoms with van der Waals surface area (Å²) in [6.45, 7) is 6.03. The number of rotatable bonds is 5. The standard InChI is InChI=1S/C21H22N2O3S/c1-13-4-7-17(8-5-13)27-12-20(25)23-22-19(24)10-16-11-26-21-15(3)14(2)6-9-18(16)21/h4-9,11H,10,12H2,1-3H3,(H,22,24)(H,23,25). The third-order valence-corrected chi connectivity index (χ3v) is 5.44. The van der Waals surface area contributed by atoms with Gasteiger partial charge in [-0.1, -0.05) is 29.8 Å². The zero-order valence-electron chi connectivity index (χ0n) is 15.6. The van der Waals surface area contributed by atoms with E-state index >= 15 is 0 Å². The summed E-state index contributed by atoms with van der Waals surface area (Å²) >= 11 is 1.42. The van der Waals surface area contributed by atoms with Crippen LogP contribution in [-0.4, -0.2) is 17.6 Å². The molecule has 27 heavy (non-hydrogen) atoms. The predicted octanol–water partition coefficient (Wildman–Crippen LogP) is 3.84. The predicted molar refractivity (Wildman–Crippen MR) is 108 cm³/mol. The Hall–Kier alpha value is -2.73. The summed E-state index contributed by atoms with van der Waals surface area (Å²) in [5.74, 6) is -0.307. The lowest BCUT2D eigenvalue weighted by atomic mass is 10.0. The molecule has 5 nitrogen and oxygen atoms in total. The van der Waals surface area contributed by atoms with Crippen molar-refractivity contribution < 1.29 is 14.0 Å². The second-order valence-electron chi connectivity index (χ2n) is 6.52. The summed E-state index contributed by atoms with van der Waals surface area (Å²) in [4.78, 5) is 25.1. The Kier molecular flexibility index (Phi) is 5.86. The molecule has 0 atom stereocenters. The molecule has 2 N–H and O–H groups in total. The fraction of sp³-hybridized carbons (Fsp3) is 0.238. The van der Waals surface area contributed by atoms with Crippen molar-refractivity contribution in [2.24, 2.45) is 0 Å². The van der Waals surface area contributed by atoms with Gasteiger partial charge in [0.25, 0.3) is 0 Å². The Morgan fingerprint density at radius 2 is 1.67 bits per heavy atom. The van der Waals surface area contributed by atoms with Crippen molar-refractivity contribution in [2.75, 3.05) is 5.75 Å². The molecule has 1 heterocycles. The van der Waals surface area contributed by atoms with Gasteiger partial charge in [-0.3, -0.25) is 20.4 Å². The maximum absolute atomic E-state index is 12.1. The second-order valence-corrected chi connectivity index (χ2v) is 7.57. The average molecular weight is 382 g/mol. The van der Waals surface area contributed by atoms with Crippen LogP contribution in [0.25, 0.3) is 11.0 Å².